The number of aromatic nitrogens is 2. The molecule has 0 saturated carbocycles. The number of hydrogen-bond donors (Lipinski definition) is 0. The van der Waals surface area contributed by atoms with Crippen molar-refractivity contribution in [2.75, 3.05) is 31.7 Å². The van der Waals surface area contributed by atoms with Crippen LogP contribution in [-0.2, 0) is 11.2 Å². The highest BCUT2D eigenvalue weighted by molar-refractivity contribution is 9.10. The number of nitrogens with zero attached hydrogens (tertiary/aromatic N) is 3. The van der Waals surface area contributed by atoms with Gasteiger partial charge < -0.3 is 9.64 Å². The third-order valence-corrected chi connectivity index (χ3v) is 2.72. The number of ether oxygens (including phenoxy) is 1. The summed E-state index contributed by atoms with van der Waals surface area (Å²) in [5, 5.41) is 0. The summed E-state index contributed by atoms with van der Waals surface area (Å²) in [6.07, 6.45) is 0.842. The van der Waals surface area contributed by atoms with Crippen LogP contribution in [0.2, 0.25) is 0 Å². The van der Waals surface area contributed by atoms with Crippen LogP contribution < -0.4 is 4.90 Å². The molecule has 0 amide bonds. The van der Waals surface area contributed by atoms with Crippen LogP contribution >= 0.6 is 15.9 Å². The Balaban J connectivity index is 2.86. The molecule has 0 aromatic carbocycles. The van der Waals surface area contributed by atoms with Crippen LogP contribution in [0.3, 0.4) is 0 Å². The first kappa shape index (κ1) is 13.4. The Morgan fingerprint density at radius 3 is 2.69 bits per heavy atom. The molecule has 1 heterocycles. The molecule has 0 spiro atoms. The topological polar surface area (TPSA) is 38.2 Å². The van der Waals surface area contributed by atoms with Gasteiger partial charge in [-0.25, -0.2) is 9.97 Å². The minimum absolute atomic E-state index is 0.705. The lowest BCUT2D eigenvalue weighted by atomic mass is 10.4. The molecule has 0 aliphatic carbocycles. The molecule has 0 aliphatic heterocycles. The second kappa shape index (κ2) is 6.81. The van der Waals surface area contributed by atoms with Crippen molar-refractivity contribution in [1.82, 2.24) is 9.97 Å². The van der Waals surface area contributed by atoms with Gasteiger partial charge >= 0.3 is 0 Å². The van der Waals surface area contributed by atoms with Crippen molar-refractivity contribution >= 4 is 21.7 Å². The summed E-state index contributed by atoms with van der Waals surface area (Å²) >= 11 is 3.41. The second-order valence-electron chi connectivity index (χ2n) is 3.39. The number of halogens is 1. The zero-order chi connectivity index (χ0) is 12.0. The van der Waals surface area contributed by atoms with Gasteiger partial charge in [0, 0.05) is 32.7 Å². The van der Waals surface area contributed by atoms with Crippen molar-refractivity contribution in [2.45, 2.75) is 20.3 Å². The van der Waals surface area contributed by atoms with E-state index < -0.39 is 0 Å². The zero-order valence-corrected chi connectivity index (χ0v) is 11.6. The first-order valence-electron chi connectivity index (χ1n) is 5.48. The first-order valence-corrected chi connectivity index (χ1v) is 6.27. The molecule has 4 nitrogen and oxygen atoms in total. The molecular formula is C11H18BrN3O. The quantitative estimate of drug-likeness (QED) is 0.753. The van der Waals surface area contributed by atoms with E-state index in [9.17, 15) is 0 Å². The van der Waals surface area contributed by atoms with Crippen LogP contribution in [0.5, 0.6) is 0 Å². The van der Waals surface area contributed by atoms with Gasteiger partial charge in [0.25, 0.3) is 0 Å². The molecule has 1 aromatic heterocycles. The Labute approximate surface area is 105 Å². The highest BCUT2D eigenvalue weighted by atomic mass is 79.9. The molecule has 0 atom stereocenters. The summed E-state index contributed by atoms with van der Waals surface area (Å²) in [4.78, 5) is 11.0. The fourth-order valence-corrected chi connectivity index (χ4v) is 1.82. The van der Waals surface area contributed by atoms with E-state index in [0.717, 1.165) is 35.8 Å². The maximum atomic E-state index is 5.09. The Morgan fingerprint density at radius 2 is 2.12 bits per heavy atom. The van der Waals surface area contributed by atoms with Gasteiger partial charge in [0.15, 0.2) is 0 Å². The van der Waals surface area contributed by atoms with Gasteiger partial charge in [-0.15, -0.1) is 0 Å². The Hall–Kier alpha value is -0.680. The van der Waals surface area contributed by atoms with Crippen LogP contribution in [0.4, 0.5) is 5.82 Å². The minimum Gasteiger partial charge on any atom is -0.383 e. The largest absolute Gasteiger partial charge is 0.383 e. The summed E-state index contributed by atoms with van der Waals surface area (Å²) in [6.45, 7) is 6.63. The van der Waals surface area contributed by atoms with Crippen molar-refractivity contribution in [1.29, 1.82) is 0 Å². The lowest BCUT2D eigenvalue weighted by molar-refractivity contribution is 0.205. The minimum atomic E-state index is 0.705. The Bertz CT molecular complexity index is 333. The van der Waals surface area contributed by atoms with E-state index in [1.165, 1.54) is 0 Å². The number of rotatable bonds is 6. The second-order valence-corrected chi connectivity index (χ2v) is 4.20. The average Bonchev–Trinajstić information content (AvgIpc) is 2.29. The van der Waals surface area contributed by atoms with Gasteiger partial charge in [-0.1, -0.05) is 6.92 Å². The van der Waals surface area contributed by atoms with Gasteiger partial charge in [-0.05, 0) is 22.9 Å². The molecule has 1 rings (SSSR count). The van der Waals surface area contributed by atoms with Crippen molar-refractivity contribution in [3.8, 4) is 0 Å². The van der Waals surface area contributed by atoms with E-state index in [1.807, 2.05) is 6.07 Å². The van der Waals surface area contributed by atoms with Crippen LogP contribution in [0.15, 0.2) is 10.7 Å². The molecule has 0 saturated heterocycles. The Kier molecular flexibility index (Phi) is 5.69. The third-order valence-electron chi connectivity index (χ3n) is 2.31. The van der Waals surface area contributed by atoms with E-state index in [4.69, 9.17) is 4.74 Å². The van der Waals surface area contributed by atoms with E-state index in [1.54, 1.807) is 7.11 Å². The smallest absolute Gasteiger partial charge is 0.133 e. The maximum Gasteiger partial charge on any atom is 0.133 e. The number of anilines is 1. The molecule has 16 heavy (non-hydrogen) atoms. The normalized spacial score (nSPS) is 10.5. The van der Waals surface area contributed by atoms with Crippen molar-refractivity contribution in [2.24, 2.45) is 0 Å². The molecular weight excluding hydrogens is 270 g/mol. The van der Waals surface area contributed by atoms with Crippen LogP contribution in [-0.4, -0.2) is 36.8 Å². The summed E-state index contributed by atoms with van der Waals surface area (Å²) in [7, 11) is 1.71. The van der Waals surface area contributed by atoms with E-state index in [-0.39, 0.29) is 0 Å². The Morgan fingerprint density at radius 1 is 1.38 bits per heavy atom. The van der Waals surface area contributed by atoms with Crippen molar-refractivity contribution < 1.29 is 4.74 Å². The third kappa shape index (κ3) is 3.72. The summed E-state index contributed by atoms with van der Waals surface area (Å²) < 4.78 is 5.92. The number of likely N-dealkylation sites (N-methyl/N-ethyl adjacent to an activating group) is 1. The predicted molar refractivity (Wildman–Crippen MR) is 68.9 cm³/mol. The standard InChI is InChI=1S/C11H18BrN3O/c1-4-10-13-9(12)8-11(14-10)15(5-2)6-7-16-3/h8H,4-7H2,1-3H3. The maximum absolute atomic E-state index is 5.09. The number of methoxy groups -OCH3 is 1. The molecule has 5 heteroatoms. The van der Waals surface area contributed by atoms with Crippen LogP contribution in [0.25, 0.3) is 0 Å². The molecule has 0 unspecified atom stereocenters. The SMILES string of the molecule is CCc1nc(Br)cc(N(CC)CCOC)n1. The number of hydrogen-bond acceptors (Lipinski definition) is 4. The average molecular weight is 288 g/mol. The predicted octanol–water partition coefficient (Wildman–Crippen LogP) is 2.27. The van der Waals surface area contributed by atoms with Gasteiger partial charge in [0.2, 0.25) is 0 Å². The van der Waals surface area contributed by atoms with Crippen LogP contribution in [0, 0.1) is 0 Å². The van der Waals surface area contributed by atoms with Gasteiger partial charge in [0.05, 0.1) is 6.61 Å². The molecule has 0 N–H and O–H groups in total. The van der Waals surface area contributed by atoms with E-state index >= 15 is 0 Å². The van der Waals surface area contributed by atoms with Crippen LogP contribution in [0.1, 0.15) is 19.7 Å². The molecule has 0 bridgehead atoms. The number of aryl methyl sites for hydroxylation is 1. The van der Waals surface area contributed by atoms with Gasteiger partial charge in [0.1, 0.15) is 16.2 Å². The van der Waals surface area contributed by atoms with Crippen molar-refractivity contribution in [3.63, 3.8) is 0 Å². The fraction of sp³-hybridized carbons (Fsp3) is 0.636. The van der Waals surface area contributed by atoms with Crippen molar-refractivity contribution in [3.05, 3.63) is 16.5 Å². The van der Waals surface area contributed by atoms with Gasteiger partial charge in [-0.3, -0.25) is 0 Å². The van der Waals surface area contributed by atoms with E-state index in [0.29, 0.717) is 6.61 Å². The first-order chi connectivity index (χ1) is 7.71. The molecule has 0 fully saturated rings. The molecule has 1 aromatic rings. The molecule has 0 radical (unpaired) electrons. The lowest BCUT2D eigenvalue weighted by Crippen LogP contribution is -2.28. The fourth-order valence-electron chi connectivity index (χ4n) is 1.41. The summed E-state index contributed by atoms with van der Waals surface area (Å²) in [5.74, 6) is 1.82. The summed E-state index contributed by atoms with van der Waals surface area (Å²) in [5.41, 5.74) is 0. The monoisotopic (exact) mass is 287 g/mol. The zero-order valence-electron chi connectivity index (χ0n) is 10.0. The summed E-state index contributed by atoms with van der Waals surface area (Å²) in [6, 6.07) is 1.94. The van der Waals surface area contributed by atoms with E-state index in [2.05, 4.69) is 44.6 Å². The van der Waals surface area contributed by atoms with Gasteiger partial charge in [-0.2, -0.15) is 0 Å². The lowest BCUT2D eigenvalue weighted by Gasteiger charge is -2.21. The molecule has 90 valence electrons. The highest BCUT2D eigenvalue weighted by Crippen LogP contribution is 2.16. The highest BCUT2D eigenvalue weighted by Gasteiger charge is 2.08. The molecule has 0 aliphatic rings.